The zero-order chi connectivity index (χ0) is 16.5. The van der Waals surface area contributed by atoms with E-state index in [1.807, 2.05) is 42.1 Å². The van der Waals surface area contributed by atoms with Gasteiger partial charge < -0.3 is 10.1 Å². The van der Waals surface area contributed by atoms with Gasteiger partial charge in [0.1, 0.15) is 0 Å². The summed E-state index contributed by atoms with van der Waals surface area (Å²) in [6.45, 7) is 2.74. The quantitative estimate of drug-likeness (QED) is 0.750. The van der Waals surface area contributed by atoms with Crippen LogP contribution >= 0.6 is 11.8 Å². The first-order valence-corrected chi connectivity index (χ1v) is 8.85. The van der Waals surface area contributed by atoms with Crippen LogP contribution in [0.25, 0.3) is 0 Å². The molecule has 0 aliphatic rings. The maximum absolute atomic E-state index is 12.2. The van der Waals surface area contributed by atoms with Crippen molar-refractivity contribution in [1.29, 1.82) is 0 Å². The van der Waals surface area contributed by atoms with Crippen LogP contribution in [0.2, 0.25) is 0 Å². The minimum atomic E-state index is -0.544. The average Bonchev–Trinajstić information content (AvgIpc) is 2.56. The predicted molar refractivity (Wildman–Crippen MR) is 96.5 cm³/mol. The van der Waals surface area contributed by atoms with E-state index in [0.29, 0.717) is 6.54 Å². The van der Waals surface area contributed by atoms with Crippen LogP contribution in [-0.2, 0) is 15.3 Å². The molecule has 0 spiro atoms. The Morgan fingerprint density at radius 3 is 2.65 bits per heavy atom. The lowest BCUT2D eigenvalue weighted by molar-refractivity contribution is -0.131. The van der Waals surface area contributed by atoms with Gasteiger partial charge in [-0.2, -0.15) is 11.8 Å². The monoisotopic (exact) mass is 329 g/mol. The highest BCUT2D eigenvalue weighted by atomic mass is 32.2. The third-order valence-electron chi connectivity index (χ3n) is 3.47. The molecule has 122 valence electrons. The first-order valence-electron chi connectivity index (χ1n) is 7.69. The van der Waals surface area contributed by atoms with Crippen molar-refractivity contribution >= 4 is 17.7 Å². The highest BCUT2D eigenvalue weighted by Crippen LogP contribution is 2.16. The molecule has 0 aliphatic carbocycles. The van der Waals surface area contributed by atoms with E-state index in [9.17, 15) is 4.79 Å². The number of nitrogens with one attached hydrogen (secondary N) is 1. The highest BCUT2D eigenvalue weighted by molar-refractivity contribution is 7.98. The molecule has 2 rings (SSSR count). The maximum Gasteiger partial charge on any atom is 0.253 e. The molecular formula is C19H23NO2S. The Hall–Kier alpha value is -1.78. The first kappa shape index (κ1) is 17.6. The summed E-state index contributed by atoms with van der Waals surface area (Å²) in [5.74, 6) is 1.75. The standard InChI is InChI=1S/C19H23NO2S/c1-15-7-6-8-16(13-15)14-23-12-11-20-19(21)18(22-2)17-9-4-3-5-10-17/h3-10,13,18H,11-12,14H2,1-2H3,(H,20,21)/t18-/m1/s1. The van der Waals surface area contributed by atoms with Crippen LogP contribution < -0.4 is 5.32 Å². The molecule has 0 fully saturated rings. The lowest BCUT2D eigenvalue weighted by Crippen LogP contribution is -2.32. The maximum atomic E-state index is 12.2. The molecule has 0 saturated carbocycles. The molecule has 1 atom stereocenters. The van der Waals surface area contributed by atoms with Gasteiger partial charge in [-0.25, -0.2) is 0 Å². The number of amides is 1. The predicted octanol–water partition coefficient (Wildman–Crippen LogP) is 3.73. The number of carbonyl (C=O) groups is 1. The minimum Gasteiger partial charge on any atom is -0.367 e. The second-order valence-electron chi connectivity index (χ2n) is 5.36. The Bertz CT molecular complexity index is 616. The number of benzene rings is 2. The van der Waals surface area contributed by atoms with E-state index in [1.165, 1.54) is 11.1 Å². The van der Waals surface area contributed by atoms with Crippen molar-refractivity contribution in [3.63, 3.8) is 0 Å². The molecule has 0 bridgehead atoms. The molecule has 2 aromatic rings. The van der Waals surface area contributed by atoms with Gasteiger partial charge in [0.25, 0.3) is 5.91 Å². The second kappa shape index (κ2) is 9.38. The fourth-order valence-corrected chi connectivity index (χ4v) is 3.16. The van der Waals surface area contributed by atoms with Crippen molar-refractivity contribution < 1.29 is 9.53 Å². The summed E-state index contributed by atoms with van der Waals surface area (Å²) in [5.41, 5.74) is 3.47. The third kappa shape index (κ3) is 5.73. The Kier molecular flexibility index (Phi) is 7.17. The molecule has 4 heteroatoms. The molecule has 0 radical (unpaired) electrons. The van der Waals surface area contributed by atoms with Gasteiger partial charge in [-0.15, -0.1) is 0 Å². The van der Waals surface area contributed by atoms with Crippen molar-refractivity contribution in [3.8, 4) is 0 Å². The van der Waals surface area contributed by atoms with Crippen LogP contribution in [-0.4, -0.2) is 25.3 Å². The largest absolute Gasteiger partial charge is 0.367 e. The van der Waals surface area contributed by atoms with Crippen molar-refractivity contribution in [3.05, 3.63) is 71.3 Å². The van der Waals surface area contributed by atoms with E-state index in [-0.39, 0.29) is 5.91 Å². The Balaban J connectivity index is 1.72. The van der Waals surface area contributed by atoms with Gasteiger partial charge in [-0.3, -0.25) is 4.79 Å². The van der Waals surface area contributed by atoms with Crippen LogP contribution in [0.1, 0.15) is 22.8 Å². The smallest absolute Gasteiger partial charge is 0.253 e. The highest BCUT2D eigenvalue weighted by Gasteiger charge is 2.18. The van der Waals surface area contributed by atoms with Gasteiger partial charge in [0.05, 0.1) is 0 Å². The van der Waals surface area contributed by atoms with Gasteiger partial charge >= 0.3 is 0 Å². The van der Waals surface area contributed by atoms with Crippen LogP contribution in [0.15, 0.2) is 54.6 Å². The summed E-state index contributed by atoms with van der Waals surface area (Å²) in [5, 5.41) is 2.95. The molecule has 0 unspecified atom stereocenters. The lowest BCUT2D eigenvalue weighted by Gasteiger charge is -2.15. The fourth-order valence-electron chi connectivity index (χ4n) is 2.35. The van der Waals surface area contributed by atoms with Crippen molar-refractivity contribution in [2.45, 2.75) is 18.8 Å². The van der Waals surface area contributed by atoms with E-state index in [0.717, 1.165) is 17.1 Å². The van der Waals surface area contributed by atoms with Crippen LogP contribution in [0.5, 0.6) is 0 Å². The van der Waals surface area contributed by atoms with Crippen molar-refractivity contribution in [2.24, 2.45) is 0 Å². The zero-order valence-electron chi connectivity index (χ0n) is 13.6. The number of rotatable bonds is 8. The molecule has 2 aromatic carbocycles. The van der Waals surface area contributed by atoms with Gasteiger partial charge in [0.2, 0.25) is 0 Å². The van der Waals surface area contributed by atoms with Crippen LogP contribution in [0.4, 0.5) is 0 Å². The van der Waals surface area contributed by atoms with E-state index in [4.69, 9.17) is 4.74 Å². The molecule has 3 nitrogen and oxygen atoms in total. The summed E-state index contributed by atoms with van der Waals surface area (Å²) in [7, 11) is 1.56. The Morgan fingerprint density at radius 2 is 1.96 bits per heavy atom. The van der Waals surface area contributed by atoms with E-state index in [2.05, 4.69) is 36.5 Å². The molecule has 1 N–H and O–H groups in total. The Labute approximate surface area is 142 Å². The molecule has 0 saturated heterocycles. The summed E-state index contributed by atoms with van der Waals surface area (Å²) in [6, 6.07) is 18.1. The van der Waals surface area contributed by atoms with Crippen molar-refractivity contribution in [2.75, 3.05) is 19.4 Å². The zero-order valence-corrected chi connectivity index (χ0v) is 14.4. The van der Waals surface area contributed by atoms with Gasteiger partial charge in [-0.05, 0) is 18.1 Å². The van der Waals surface area contributed by atoms with Gasteiger partial charge in [0.15, 0.2) is 6.10 Å². The number of ether oxygens (including phenoxy) is 1. The number of thioether (sulfide) groups is 1. The topological polar surface area (TPSA) is 38.3 Å². The summed E-state index contributed by atoms with van der Waals surface area (Å²) >= 11 is 1.82. The second-order valence-corrected chi connectivity index (χ2v) is 6.46. The first-order chi connectivity index (χ1) is 11.2. The minimum absolute atomic E-state index is 0.0881. The third-order valence-corrected chi connectivity index (χ3v) is 4.50. The summed E-state index contributed by atoms with van der Waals surface area (Å²) < 4.78 is 5.32. The summed E-state index contributed by atoms with van der Waals surface area (Å²) in [4.78, 5) is 12.2. The number of carbonyl (C=O) groups excluding carboxylic acids is 1. The number of hydrogen-bond donors (Lipinski definition) is 1. The molecule has 0 aliphatic heterocycles. The lowest BCUT2D eigenvalue weighted by atomic mass is 10.1. The number of methoxy groups -OCH3 is 1. The van der Waals surface area contributed by atoms with Gasteiger partial charge in [0, 0.05) is 25.2 Å². The molecule has 0 aromatic heterocycles. The Morgan fingerprint density at radius 1 is 1.17 bits per heavy atom. The molecular weight excluding hydrogens is 306 g/mol. The van der Waals surface area contributed by atoms with Crippen LogP contribution in [0.3, 0.4) is 0 Å². The molecule has 23 heavy (non-hydrogen) atoms. The SMILES string of the molecule is CO[C@@H](C(=O)NCCSCc1cccc(C)c1)c1ccccc1. The number of hydrogen-bond acceptors (Lipinski definition) is 3. The van der Waals surface area contributed by atoms with E-state index < -0.39 is 6.10 Å². The number of aryl methyl sites for hydroxylation is 1. The van der Waals surface area contributed by atoms with Crippen molar-refractivity contribution in [1.82, 2.24) is 5.32 Å². The van der Waals surface area contributed by atoms with Gasteiger partial charge in [-0.1, -0.05) is 60.2 Å². The average molecular weight is 329 g/mol. The van der Waals surface area contributed by atoms with E-state index in [1.54, 1.807) is 7.11 Å². The molecule has 0 heterocycles. The van der Waals surface area contributed by atoms with Crippen LogP contribution in [0, 0.1) is 6.92 Å². The normalized spacial score (nSPS) is 11.9. The van der Waals surface area contributed by atoms with E-state index >= 15 is 0 Å². The molecule has 1 amide bonds. The summed E-state index contributed by atoms with van der Waals surface area (Å²) in [6.07, 6.45) is -0.544. The fraction of sp³-hybridized carbons (Fsp3) is 0.316.